The fraction of sp³-hybridized carbons (Fsp3) is 0.889. The Morgan fingerprint density at radius 1 is 1.64 bits per heavy atom. The first kappa shape index (κ1) is 11.9. The number of nitrogens with zero attached hydrogens (tertiary/aromatic N) is 1. The minimum atomic E-state index is -0.261. The van der Waals surface area contributed by atoms with E-state index in [9.17, 15) is 9.90 Å². The molecule has 1 aliphatic rings. The van der Waals surface area contributed by atoms with Crippen molar-refractivity contribution in [2.24, 2.45) is 0 Å². The van der Waals surface area contributed by atoms with Gasteiger partial charge in [0.05, 0.1) is 13.2 Å². The van der Waals surface area contributed by atoms with Crippen LogP contribution in [0.5, 0.6) is 0 Å². The number of hydrogen-bond acceptors (Lipinski definition) is 4. The molecular formula is C9H16BrNO3. The van der Waals surface area contributed by atoms with Crippen molar-refractivity contribution in [2.45, 2.75) is 23.8 Å². The first-order valence-corrected chi connectivity index (χ1v) is 5.67. The second-order valence-corrected chi connectivity index (χ2v) is 4.63. The number of likely N-dealkylation sites (tertiary alicyclic amines) is 1. The summed E-state index contributed by atoms with van der Waals surface area (Å²) in [7, 11) is 1.39. The summed E-state index contributed by atoms with van der Waals surface area (Å²) in [5, 5.41) is 9.29. The molecule has 82 valence electrons. The molecule has 0 aromatic heterocycles. The summed E-state index contributed by atoms with van der Waals surface area (Å²) in [6, 6.07) is 0. The van der Waals surface area contributed by atoms with Crippen molar-refractivity contribution >= 4 is 21.9 Å². The van der Waals surface area contributed by atoms with Crippen molar-refractivity contribution in [1.29, 1.82) is 0 Å². The molecule has 1 fully saturated rings. The second kappa shape index (κ2) is 5.68. The number of aliphatic hydroxyl groups excluding tert-OH is 1. The monoisotopic (exact) mass is 265 g/mol. The Morgan fingerprint density at radius 3 is 2.71 bits per heavy atom. The normalized spacial score (nSPS) is 21.9. The van der Waals surface area contributed by atoms with Crippen LogP contribution in [0.25, 0.3) is 0 Å². The van der Waals surface area contributed by atoms with Crippen molar-refractivity contribution in [3.8, 4) is 0 Å². The molecule has 0 spiro atoms. The maximum atomic E-state index is 11.1. The number of methoxy groups -OCH3 is 1. The fourth-order valence-electron chi connectivity index (χ4n) is 1.53. The number of hydrogen-bond donors (Lipinski definition) is 1. The molecule has 1 aliphatic heterocycles. The van der Waals surface area contributed by atoms with E-state index >= 15 is 0 Å². The molecule has 0 radical (unpaired) electrons. The first-order valence-electron chi connectivity index (χ1n) is 4.76. The second-order valence-electron chi connectivity index (χ2n) is 3.52. The van der Waals surface area contributed by atoms with Gasteiger partial charge in [-0.25, -0.2) is 0 Å². The van der Waals surface area contributed by atoms with Gasteiger partial charge in [0, 0.05) is 19.6 Å². The smallest absolute Gasteiger partial charge is 0.320 e. The molecule has 5 heteroatoms. The Bertz CT molecular complexity index is 192. The number of carbonyl (C=O) groups is 1. The molecule has 1 rings (SSSR count). The van der Waals surface area contributed by atoms with Gasteiger partial charge >= 0.3 is 5.97 Å². The van der Waals surface area contributed by atoms with Crippen LogP contribution in [-0.2, 0) is 9.53 Å². The third-order valence-electron chi connectivity index (χ3n) is 2.43. The van der Waals surface area contributed by atoms with Crippen LogP contribution >= 0.6 is 15.9 Å². The van der Waals surface area contributed by atoms with Gasteiger partial charge in [-0.1, -0.05) is 15.9 Å². The summed E-state index contributed by atoms with van der Waals surface area (Å²) in [5.41, 5.74) is 0. The molecule has 0 amide bonds. The van der Waals surface area contributed by atoms with Crippen molar-refractivity contribution in [3.63, 3.8) is 0 Å². The quantitative estimate of drug-likeness (QED) is 0.592. The summed E-state index contributed by atoms with van der Waals surface area (Å²) in [4.78, 5) is 13.0. The molecule has 1 saturated heterocycles. The molecule has 1 N–H and O–H groups in total. The molecule has 1 unspecified atom stereocenters. The first-order chi connectivity index (χ1) is 6.63. The van der Waals surface area contributed by atoms with Crippen molar-refractivity contribution < 1.29 is 14.6 Å². The number of ether oxygens (including phenoxy) is 1. The number of halogens is 1. The maximum absolute atomic E-state index is 11.1. The van der Waals surface area contributed by atoms with Gasteiger partial charge in [-0.2, -0.15) is 0 Å². The van der Waals surface area contributed by atoms with Crippen LogP contribution < -0.4 is 0 Å². The highest BCUT2D eigenvalue weighted by Crippen LogP contribution is 2.13. The molecule has 0 aromatic carbocycles. The van der Waals surface area contributed by atoms with Gasteiger partial charge in [-0.3, -0.25) is 4.79 Å². The standard InChI is InChI=1S/C9H16BrNO3/c1-14-9(13)8(10)6-11-4-2-7(12)3-5-11/h7-8,12H,2-6H2,1H3. The van der Waals surface area contributed by atoms with Crippen LogP contribution in [0.1, 0.15) is 12.8 Å². The average molecular weight is 266 g/mol. The zero-order valence-electron chi connectivity index (χ0n) is 8.28. The third kappa shape index (κ3) is 3.55. The molecule has 0 saturated carbocycles. The van der Waals surface area contributed by atoms with Crippen molar-refractivity contribution in [3.05, 3.63) is 0 Å². The average Bonchev–Trinajstić information content (AvgIpc) is 2.20. The lowest BCUT2D eigenvalue weighted by Crippen LogP contribution is -2.41. The molecule has 14 heavy (non-hydrogen) atoms. The minimum absolute atomic E-state index is 0.168. The van der Waals surface area contributed by atoms with Crippen LogP contribution in [0, 0.1) is 0 Å². The van der Waals surface area contributed by atoms with Gasteiger partial charge < -0.3 is 14.7 Å². The van der Waals surface area contributed by atoms with Crippen LogP contribution in [0.2, 0.25) is 0 Å². The van der Waals surface area contributed by atoms with E-state index in [1.165, 1.54) is 7.11 Å². The Labute approximate surface area is 92.3 Å². The lowest BCUT2D eigenvalue weighted by Gasteiger charge is -2.30. The third-order valence-corrected chi connectivity index (χ3v) is 3.10. The summed E-state index contributed by atoms with van der Waals surface area (Å²) in [6.07, 6.45) is 1.42. The molecule has 0 bridgehead atoms. The topological polar surface area (TPSA) is 49.8 Å². The van der Waals surface area contributed by atoms with Crippen molar-refractivity contribution in [1.82, 2.24) is 4.90 Å². The zero-order valence-corrected chi connectivity index (χ0v) is 9.87. The lowest BCUT2D eigenvalue weighted by molar-refractivity contribution is -0.140. The van der Waals surface area contributed by atoms with E-state index in [-0.39, 0.29) is 16.9 Å². The van der Waals surface area contributed by atoms with Crippen LogP contribution in [0.4, 0.5) is 0 Å². The summed E-state index contributed by atoms with van der Waals surface area (Å²) in [5.74, 6) is -0.240. The van der Waals surface area contributed by atoms with Gasteiger partial charge in [0.15, 0.2) is 0 Å². The molecule has 1 heterocycles. The molecule has 1 atom stereocenters. The van der Waals surface area contributed by atoms with Gasteiger partial charge in [0.25, 0.3) is 0 Å². The number of rotatable bonds is 3. The maximum Gasteiger partial charge on any atom is 0.320 e. The van der Waals surface area contributed by atoms with E-state index in [1.807, 2.05) is 0 Å². The fourth-order valence-corrected chi connectivity index (χ4v) is 2.13. The van der Waals surface area contributed by atoms with Crippen LogP contribution in [0.15, 0.2) is 0 Å². The Kier molecular flexibility index (Phi) is 4.84. The highest BCUT2D eigenvalue weighted by molar-refractivity contribution is 9.10. The molecule has 0 aromatic rings. The van der Waals surface area contributed by atoms with Crippen LogP contribution in [0.3, 0.4) is 0 Å². The number of esters is 1. The van der Waals surface area contributed by atoms with E-state index in [1.54, 1.807) is 0 Å². The van der Waals surface area contributed by atoms with E-state index in [0.717, 1.165) is 25.9 Å². The lowest BCUT2D eigenvalue weighted by atomic mass is 10.1. The number of alkyl halides is 1. The molecule has 4 nitrogen and oxygen atoms in total. The minimum Gasteiger partial charge on any atom is -0.468 e. The van der Waals surface area contributed by atoms with Crippen molar-refractivity contribution in [2.75, 3.05) is 26.7 Å². The zero-order chi connectivity index (χ0) is 10.6. The summed E-state index contributed by atoms with van der Waals surface area (Å²) in [6.45, 7) is 2.35. The van der Waals surface area contributed by atoms with E-state index < -0.39 is 0 Å². The highest BCUT2D eigenvalue weighted by Gasteiger charge is 2.22. The van der Waals surface area contributed by atoms with Gasteiger partial charge in [-0.05, 0) is 12.8 Å². The van der Waals surface area contributed by atoms with Gasteiger partial charge in [0.2, 0.25) is 0 Å². The van der Waals surface area contributed by atoms with Gasteiger partial charge in [0.1, 0.15) is 4.83 Å². The van der Waals surface area contributed by atoms with E-state index in [0.29, 0.717) is 6.54 Å². The molecular weight excluding hydrogens is 250 g/mol. The van der Waals surface area contributed by atoms with Crippen LogP contribution in [-0.4, -0.2) is 53.7 Å². The van der Waals surface area contributed by atoms with Gasteiger partial charge in [-0.15, -0.1) is 0 Å². The predicted molar refractivity (Wildman–Crippen MR) is 56.4 cm³/mol. The SMILES string of the molecule is COC(=O)C(Br)CN1CCC(O)CC1. The number of carbonyl (C=O) groups excluding carboxylic acids is 1. The number of aliphatic hydroxyl groups is 1. The Balaban J connectivity index is 2.27. The largest absolute Gasteiger partial charge is 0.468 e. The highest BCUT2D eigenvalue weighted by atomic mass is 79.9. The van der Waals surface area contributed by atoms with E-state index in [4.69, 9.17) is 0 Å². The predicted octanol–water partition coefficient (Wildman–Crippen LogP) is 0.380. The summed E-state index contributed by atoms with van der Waals surface area (Å²) < 4.78 is 4.61. The van der Waals surface area contributed by atoms with E-state index in [2.05, 4.69) is 25.6 Å². The summed E-state index contributed by atoms with van der Waals surface area (Å²) >= 11 is 3.28. The number of piperidine rings is 1. The Morgan fingerprint density at radius 2 is 2.21 bits per heavy atom. The molecule has 0 aliphatic carbocycles. The Hall–Kier alpha value is -0.130.